The number of nitrogens with one attached hydrogen (secondary N) is 1. The molecule has 1 saturated heterocycles. The Morgan fingerprint density at radius 3 is 2.69 bits per heavy atom. The molecule has 35 heavy (non-hydrogen) atoms. The van der Waals surface area contributed by atoms with Gasteiger partial charge in [0.15, 0.2) is 0 Å². The maximum atomic E-state index is 11.9. The molecule has 1 N–H and O–H groups in total. The van der Waals surface area contributed by atoms with Crippen LogP contribution in [0.15, 0.2) is 48.7 Å². The zero-order chi connectivity index (χ0) is 24.5. The van der Waals surface area contributed by atoms with Crippen molar-refractivity contribution in [2.45, 2.75) is 51.9 Å². The third-order valence-electron chi connectivity index (χ3n) is 7.45. The number of nitrogens with zero attached hydrogens (tertiary/aromatic N) is 3. The summed E-state index contributed by atoms with van der Waals surface area (Å²) in [4.78, 5) is 22.4. The standard InChI is InChI=1S/C30H32N4O/c1-4-23(35)18-34-14-11-20(12-15-34)21-8-10-27-26(16-21)28(19(2)3)30(33-27)25-9-7-22(17-31)29-24(25)6-5-13-32-29/h5-10,13,16,19-20,33H,4,11-12,14-15,18H2,1-3H3. The molecule has 0 saturated carbocycles. The number of piperidine rings is 1. The minimum atomic E-state index is 0.330. The molecule has 2 aromatic carbocycles. The Morgan fingerprint density at radius 1 is 1.17 bits per heavy atom. The van der Waals surface area contributed by atoms with Gasteiger partial charge in [0.2, 0.25) is 0 Å². The van der Waals surface area contributed by atoms with Gasteiger partial charge in [0.05, 0.1) is 23.3 Å². The van der Waals surface area contributed by atoms with Crippen molar-refractivity contribution < 1.29 is 4.79 Å². The van der Waals surface area contributed by atoms with Gasteiger partial charge in [0.25, 0.3) is 0 Å². The number of carbonyl (C=O) groups excluding carboxylic acids is 1. The van der Waals surface area contributed by atoms with E-state index in [1.807, 2.05) is 25.1 Å². The summed E-state index contributed by atoms with van der Waals surface area (Å²) in [6, 6.07) is 17.1. The molecule has 4 aromatic rings. The molecule has 5 nitrogen and oxygen atoms in total. The first kappa shape index (κ1) is 23.3. The molecule has 0 unspecified atom stereocenters. The number of likely N-dealkylation sites (tertiary alicyclic amines) is 1. The predicted molar refractivity (Wildman–Crippen MR) is 142 cm³/mol. The molecule has 0 radical (unpaired) electrons. The lowest BCUT2D eigenvalue weighted by Gasteiger charge is -2.31. The second kappa shape index (κ2) is 9.64. The highest BCUT2D eigenvalue weighted by Gasteiger charge is 2.24. The molecule has 0 bridgehead atoms. The van der Waals surface area contributed by atoms with E-state index in [9.17, 15) is 10.1 Å². The van der Waals surface area contributed by atoms with Crippen molar-refractivity contribution >= 4 is 27.6 Å². The summed E-state index contributed by atoms with van der Waals surface area (Å²) < 4.78 is 0. The molecule has 2 aromatic heterocycles. The number of ketones is 1. The summed E-state index contributed by atoms with van der Waals surface area (Å²) in [5.74, 6) is 1.18. The summed E-state index contributed by atoms with van der Waals surface area (Å²) in [7, 11) is 0. The third kappa shape index (κ3) is 4.35. The number of fused-ring (bicyclic) bond motifs is 2. The van der Waals surface area contributed by atoms with E-state index in [0.29, 0.717) is 36.1 Å². The largest absolute Gasteiger partial charge is 0.354 e. The Hall–Kier alpha value is -3.49. The Balaban J connectivity index is 1.53. The van der Waals surface area contributed by atoms with Gasteiger partial charge in [-0.2, -0.15) is 5.26 Å². The maximum Gasteiger partial charge on any atom is 0.146 e. The van der Waals surface area contributed by atoms with Crippen LogP contribution < -0.4 is 0 Å². The molecule has 5 rings (SSSR count). The number of aromatic nitrogens is 2. The molecule has 178 valence electrons. The molecule has 5 heteroatoms. The van der Waals surface area contributed by atoms with Crippen LogP contribution in [0.1, 0.15) is 68.6 Å². The molecular weight excluding hydrogens is 432 g/mol. The molecule has 3 heterocycles. The van der Waals surface area contributed by atoms with Crippen molar-refractivity contribution in [3.8, 4) is 17.3 Å². The fourth-order valence-corrected chi connectivity index (χ4v) is 5.56. The number of hydrogen-bond donors (Lipinski definition) is 1. The lowest BCUT2D eigenvalue weighted by Crippen LogP contribution is -2.36. The van der Waals surface area contributed by atoms with Crippen LogP contribution in [-0.2, 0) is 4.79 Å². The monoisotopic (exact) mass is 464 g/mol. The number of H-pyrrole nitrogens is 1. The van der Waals surface area contributed by atoms with E-state index in [1.165, 1.54) is 16.5 Å². The molecule has 0 aliphatic carbocycles. The van der Waals surface area contributed by atoms with Crippen molar-refractivity contribution in [1.29, 1.82) is 5.26 Å². The molecule has 0 spiro atoms. The topological polar surface area (TPSA) is 72.8 Å². The van der Waals surface area contributed by atoms with E-state index >= 15 is 0 Å². The van der Waals surface area contributed by atoms with E-state index in [-0.39, 0.29) is 0 Å². The maximum absolute atomic E-state index is 11.9. The Labute approximate surface area is 206 Å². The van der Waals surface area contributed by atoms with Crippen molar-refractivity contribution in [3.05, 3.63) is 65.4 Å². The zero-order valence-corrected chi connectivity index (χ0v) is 20.8. The average molecular weight is 465 g/mol. The van der Waals surface area contributed by atoms with Gasteiger partial charge in [-0.05, 0) is 73.2 Å². The van der Waals surface area contributed by atoms with Crippen molar-refractivity contribution in [2.24, 2.45) is 0 Å². The molecule has 0 atom stereocenters. The first-order valence-corrected chi connectivity index (χ1v) is 12.7. The van der Waals surface area contributed by atoms with Crippen LogP contribution in [0.3, 0.4) is 0 Å². The molecule has 1 aliphatic rings. The number of benzene rings is 2. The van der Waals surface area contributed by atoms with E-state index in [0.717, 1.165) is 53.6 Å². The van der Waals surface area contributed by atoms with Gasteiger partial charge in [-0.1, -0.05) is 39.0 Å². The third-order valence-corrected chi connectivity index (χ3v) is 7.45. The zero-order valence-electron chi connectivity index (χ0n) is 20.8. The predicted octanol–water partition coefficient (Wildman–Crippen LogP) is 6.54. The van der Waals surface area contributed by atoms with E-state index in [1.54, 1.807) is 6.20 Å². The fourth-order valence-electron chi connectivity index (χ4n) is 5.56. The van der Waals surface area contributed by atoms with Gasteiger partial charge >= 0.3 is 0 Å². The number of hydrogen-bond acceptors (Lipinski definition) is 4. The number of rotatable bonds is 6. The number of carbonyl (C=O) groups is 1. The summed E-state index contributed by atoms with van der Waals surface area (Å²) in [5.41, 5.74) is 7.38. The van der Waals surface area contributed by atoms with Crippen LogP contribution in [0.25, 0.3) is 33.1 Å². The van der Waals surface area contributed by atoms with Crippen LogP contribution in [0.4, 0.5) is 0 Å². The summed E-state index contributed by atoms with van der Waals surface area (Å²) >= 11 is 0. The van der Waals surface area contributed by atoms with Crippen LogP contribution in [-0.4, -0.2) is 40.3 Å². The SMILES string of the molecule is CCC(=O)CN1CCC(c2ccc3[nH]c(-c4ccc(C#N)c5ncccc45)c(C(C)C)c3c2)CC1. The van der Waals surface area contributed by atoms with Gasteiger partial charge in [0.1, 0.15) is 11.9 Å². The van der Waals surface area contributed by atoms with Crippen LogP contribution >= 0.6 is 0 Å². The molecule has 0 amide bonds. The highest BCUT2D eigenvalue weighted by molar-refractivity contribution is 6.01. The van der Waals surface area contributed by atoms with E-state index in [2.05, 4.69) is 59.1 Å². The highest BCUT2D eigenvalue weighted by atomic mass is 16.1. The molecule has 1 fully saturated rings. The van der Waals surface area contributed by atoms with Crippen molar-refractivity contribution in [3.63, 3.8) is 0 Å². The normalized spacial score (nSPS) is 15.2. The lowest BCUT2D eigenvalue weighted by molar-refractivity contribution is -0.120. The number of pyridine rings is 1. The number of Topliss-reactive ketones (excluding diaryl/α,β-unsaturated/α-hetero) is 1. The number of aromatic amines is 1. The second-order valence-corrected chi connectivity index (χ2v) is 9.99. The molecular formula is C30H32N4O. The van der Waals surface area contributed by atoms with Crippen LogP contribution in [0.5, 0.6) is 0 Å². The highest BCUT2D eigenvalue weighted by Crippen LogP contribution is 2.40. The van der Waals surface area contributed by atoms with Crippen LogP contribution in [0, 0.1) is 11.3 Å². The summed E-state index contributed by atoms with van der Waals surface area (Å²) in [6.07, 6.45) is 4.54. The Morgan fingerprint density at radius 2 is 1.97 bits per heavy atom. The van der Waals surface area contributed by atoms with E-state index in [4.69, 9.17) is 0 Å². The van der Waals surface area contributed by atoms with Gasteiger partial charge in [-0.3, -0.25) is 14.7 Å². The van der Waals surface area contributed by atoms with Crippen LogP contribution in [0.2, 0.25) is 0 Å². The second-order valence-electron chi connectivity index (χ2n) is 9.99. The minimum Gasteiger partial charge on any atom is -0.354 e. The fraction of sp³-hybridized carbons (Fsp3) is 0.367. The summed E-state index contributed by atoms with van der Waals surface area (Å²) in [6.45, 7) is 8.98. The van der Waals surface area contributed by atoms with Gasteiger partial charge in [0, 0.05) is 34.5 Å². The quantitative estimate of drug-likeness (QED) is 0.352. The van der Waals surface area contributed by atoms with Gasteiger partial charge in [-0.25, -0.2) is 0 Å². The Kier molecular flexibility index (Phi) is 6.40. The van der Waals surface area contributed by atoms with Gasteiger partial charge in [-0.15, -0.1) is 0 Å². The average Bonchev–Trinajstić information content (AvgIpc) is 3.27. The minimum absolute atomic E-state index is 0.330. The molecule has 1 aliphatic heterocycles. The number of nitriles is 1. The first-order chi connectivity index (χ1) is 17.0. The Bertz CT molecular complexity index is 1430. The van der Waals surface area contributed by atoms with Crippen molar-refractivity contribution in [2.75, 3.05) is 19.6 Å². The van der Waals surface area contributed by atoms with Crippen molar-refractivity contribution in [1.82, 2.24) is 14.9 Å². The van der Waals surface area contributed by atoms with Gasteiger partial charge < -0.3 is 4.98 Å². The first-order valence-electron chi connectivity index (χ1n) is 12.7. The summed E-state index contributed by atoms with van der Waals surface area (Å²) in [5, 5.41) is 11.8. The smallest absolute Gasteiger partial charge is 0.146 e. The lowest BCUT2D eigenvalue weighted by atomic mass is 9.87. The van der Waals surface area contributed by atoms with E-state index < -0.39 is 0 Å².